The Bertz CT molecular complexity index is 516. The van der Waals surface area contributed by atoms with Crippen LogP contribution in [0.15, 0.2) is 36.7 Å². The van der Waals surface area contributed by atoms with Gasteiger partial charge in [0.15, 0.2) is 0 Å². The molecule has 1 aromatic carbocycles. The van der Waals surface area contributed by atoms with Crippen LogP contribution in [0.2, 0.25) is 0 Å². The van der Waals surface area contributed by atoms with Gasteiger partial charge >= 0.3 is 0 Å². The molecule has 0 amide bonds. The lowest BCUT2D eigenvalue weighted by Crippen LogP contribution is -2.24. The third-order valence-corrected chi connectivity index (χ3v) is 3.39. The molecule has 1 N–H and O–H groups in total. The topological polar surface area (TPSA) is 29.9 Å². The first-order chi connectivity index (χ1) is 8.31. The monoisotopic (exact) mass is 227 g/mol. The lowest BCUT2D eigenvalue weighted by molar-refractivity contribution is 0.535. The highest BCUT2D eigenvalue weighted by Crippen LogP contribution is 2.26. The van der Waals surface area contributed by atoms with Crippen molar-refractivity contribution in [2.24, 2.45) is 13.0 Å². The standard InChI is InChI=1S/C14H17N3/c1-17-10-12(9-16-17)6-11-7-13-4-2-3-5-14(13)15-8-11/h2-5,9-11,15H,6-8H2,1H3. The largest absolute Gasteiger partial charge is 0.385 e. The van der Waals surface area contributed by atoms with Crippen LogP contribution in [0.3, 0.4) is 0 Å². The number of fused-ring (bicyclic) bond motifs is 1. The van der Waals surface area contributed by atoms with Gasteiger partial charge in [-0.1, -0.05) is 18.2 Å². The molecule has 0 saturated heterocycles. The number of rotatable bonds is 2. The van der Waals surface area contributed by atoms with Crippen molar-refractivity contribution in [3.63, 3.8) is 0 Å². The van der Waals surface area contributed by atoms with E-state index in [0.717, 1.165) is 19.4 Å². The fourth-order valence-electron chi connectivity index (χ4n) is 2.56. The molecule has 0 fully saturated rings. The fraction of sp³-hybridized carbons (Fsp3) is 0.357. The number of hydrogen-bond acceptors (Lipinski definition) is 2. The van der Waals surface area contributed by atoms with Crippen LogP contribution in [-0.2, 0) is 19.9 Å². The summed E-state index contributed by atoms with van der Waals surface area (Å²) < 4.78 is 1.87. The summed E-state index contributed by atoms with van der Waals surface area (Å²) in [6.07, 6.45) is 6.36. The van der Waals surface area contributed by atoms with Gasteiger partial charge in [-0.15, -0.1) is 0 Å². The summed E-state index contributed by atoms with van der Waals surface area (Å²) in [6, 6.07) is 8.59. The molecule has 0 bridgehead atoms. The maximum Gasteiger partial charge on any atom is 0.0521 e. The van der Waals surface area contributed by atoms with E-state index in [2.05, 4.69) is 40.9 Å². The van der Waals surface area contributed by atoms with Crippen molar-refractivity contribution >= 4 is 5.69 Å². The van der Waals surface area contributed by atoms with E-state index < -0.39 is 0 Å². The maximum atomic E-state index is 4.22. The van der Waals surface area contributed by atoms with Gasteiger partial charge in [0.25, 0.3) is 0 Å². The van der Waals surface area contributed by atoms with Crippen LogP contribution >= 0.6 is 0 Å². The van der Waals surface area contributed by atoms with Gasteiger partial charge in [0.1, 0.15) is 0 Å². The minimum atomic E-state index is 0.675. The average molecular weight is 227 g/mol. The summed E-state index contributed by atoms with van der Waals surface area (Å²) in [6.45, 7) is 1.06. The molecule has 88 valence electrons. The number of aryl methyl sites for hydroxylation is 1. The molecule has 3 nitrogen and oxygen atoms in total. The lowest BCUT2D eigenvalue weighted by Gasteiger charge is -2.25. The second-order valence-electron chi connectivity index (χ2n) is 4.83. The maximum absolute atomic E-state index is 4.22. The minimum Gasteiger partial charge on any atom is -0.385 e. The molecule has 3 heteroatoms. The van der Waals surface area contributed by atoms with Crippen molar-refractivity contribution in [3.8, 4) is 0 Å². The number of para-hydroxylation sites is 1. The molecule has 1 aliphatic rings. The second kappa shape index (κ2) is 4.24. The first-order valence-corrected chi connectivity index (χ1v) is 6.10. The second-order valence-corrected chi connectivity index (χ2v) is 4.83. The predicted molar refractivity (Wildman–Crippen MR) is 69.0 cm³/mol. The smallest absolute Gasteiger partial charge is 0.0521 e. The van der Waals surface area contributed by atoms with Crippen molar-refractivity contribution in [1.82, 2.24) is 9.78 Å². The predicted octanol–water partition coefficient (Wildman–Crippen LogP) is 2.25. The molecule has 2 heterocycles. The molecule has 17 heavy (non-hydrogen) atoms. The van der Waals surface area contributed by atoms with Gasteiger partial charge in [-0.3, -0.25) is 4.68 Å². The molecular weight excluding hydrogens is 210 g/mol. The number of anilines is 1. The van der Waals surface area contributed by atoms with Crippen LogP contribution in [0.1, 0.15) is 11.1 Å². The van der Waals surface area contributed by atoms with Crippen LogP contribution < -0.4 is 5.32 Å². The molecule has 2 aromatic rings. The van der Waals surface area contributed by atoms with Crippen LogP contribution in [-0.4, -0.2) is 16.3 Å². The zero-order chi connectivity index (χ0) is 11.7. The van der Waals surface area contributed by atoms with Crippen molar-refractivity contribution in [3.05, 3.63) is 47.8 Å². The van der Waals surface area contributed by atoms with Crippen LogP contribution in [0.4, 0.5) is 5.69 Å². The summed E-state index contributed by atoms with van der Waals surface area (Å²) in [5.74, 6) is 0.675. The summed E-state index contributed by atoms with van der Waals surface area (Å²) in [7, 11) is 1.97. The van der Waals surface area contributed by atoms with Crippen molar-refractivity contribution < 1.29 is 0 Å². The zero-order valence-corrected chi connectivity index (χ0v) is 10.1. The van der Waals surface area contributed by atoms with Gasteiger partial charge in [-0.25, -0.2) is 0 Å². The van der Waals surface area contributed by atoms with Crippen molar-refractivity contribution in [1.29, 1.82) is 0 Å². The molecular formula is C14H17N3. The number of nitrogens with one attached hydrogen (secondary N) is 1. The quantitative estimate of drug-likeness (QED) is 0.852. The summed E-state index contributed by atoms with van der Waals surface area (Å²) >= 11 is 0. The summed E-state index contributed by atoms with van der Waals surface area (Å²) in [4.78, 5) is 0. The van der Waals surface area contributed by atoms with E-state index in [9.17, 15) is 0 Å². The minimum absolute atomic E-state index is 0.675. The van der Waals surface area contributed by atoms with E-state index in [0.29, 0.717) is 5.92 Å². The van der Waals surface area contributed by atoms with E-state index in [1.807, 2.05) is 17.9 Å². The summed E-state index contributed by atoms with van der Waals surface area (Å²) in [5.41, 5.74) is 4.07. The molecule has 3 rings (SSSR count). The van der Waals surface area contributed by atoms with Gasteiger partial charge < -0.3 is 5.32 Å². The van der Waals surface area contributed by atoms with Gasteiger partial charge in [-0.05, 0) is 36.0 Å². The third-order valence-electron chi connectivity index (χ3n) is 3.39. The van der Waals surface area contributed by atoms with E-state index in [1.165, 1.54) is 16.8 Å². The molecule has 1 aromatic heterocycles. The Hall–Kier alpha value is -1.77. The highest BCUT2D eigenvalue weighted by molar-refractivity contribution is 5.53. The van der Waals surface area contributed by atoms with Gasteiger partial charge in [0.2, 0.25) is 0 Å². The molecule has 1 atom stereocenters. The average Bonchev–Trinajstić information content (AvgIpc) is 2.75. The SMILES string of the molecule is Cn1cc(CC2CNc3ccccc3C2)cn1. The highest BCUT2D eigenvalue weighted by atomic mass is 15.2. The Kier molecular flexibility index (Phi) is 2.59. The number of nitrogens with zero attached hydrogens (tertiary/aromatic N) is 2. The Morgan fingerprint density at radius 2 is 2.29 bits per heavy atom. The third kappa shape index (κ3) is 2.18. The Morgan fingerprint density at radius 1 is 1.41 bits per heavy atom. The van der Waals surface area contributed by atoms with Gasteiger partial charge in [0.05, 0.1) is 6.20 Å². The van der Waals surface area contributed by atoms with Gasteiger partial charge in [0, 0.05) is 25.5 Å². The normalized spacial score (nSPS) is 18.5. The summed E-state index contributed by atoms with van der Waals surface area (Å²) in [5, 5.41) is 7.74. The zero-order valence-electron chi connectivity index (χ0n) is 10.1. The highest BCUT2D eigenvalue weighted by Gasteiger charge is 2.18. The van der Waals surface area contributed by atoms with E-state index in [-0.39, 0.29) is 0 Å². The molecule has 0 aliphatic carbocycles. The van der Waals surface area contributed by atoms with Crippen LogP contribution in [0, 0.1) is 5.92 Å². The fourth-order valence-corrected chi connectivity index (χ4v) is 2.56. The van der Waals surface area contributed by atoms with Crippen LogP contribution in [0.5, 0.6) is 0 Å². The number of aromatic nitrogens is 2. The Morgan fingerprint density at radius 3 is 3.12 bits per heavy atom. The first kappa shape index (κ1) is 10.4. The molecule has 0 spiro atoms. The molecule has 1 aliphatic heterocycles. The van der Waals surface area contributed by atoms with E-state index >= 15 is 0 Å². The molecule has 0 radical (unpaired) electrons. The van der Waals surface area contributed by atoms with Crippen LogP contribution in [0.25, 0.3) is 0 Å². The van der Waals surface area contributed by atoms with Crippen molar-refractivity contribution in [2.75, 3.05) is 11.9 Å². The van der Waals surface area contributed by atoms with Gasteiger partial charge in [-0.2, -0.15) is 5.10 Å². The van der Waals surface area contributed by atoms with E-state index in [4.69, 9.17) is 0 Å². The van der Waals surface area contributed by atoms with E-state index in [1.54, 1.807) is 0 Å². The molecule has 0 saturated carbocycles. The lowest BCUT2D eigenvalue weighted by atomic mass is 9.90. The Balaban J connectivity index is 1.72. The van der Waals surface area contributed by atoms with Crippen molar-refractivity contribution in [2.45, 2.75) is 12.8 Å². The molecule has 1 unspecified atom stereocenters. The number of hydrogen-bond donors (Lipinski definition) is 1. The number of benzene rings is 1. The Labute approximate surface area is 101 Å². The first-order valence-electron chi connectivity index (χ1n) is 6.10.